The van der Waals surface area contributed by atoms with Crippen LogP contribution in [0.5, 0.6) is 5.75 Å². The van der Waals surface area contributed by atoms with Gasteiger partial charge in [-0.1, -0.05) is 50.6 Å². The molecule has 7 nitrogen and oxygen atoms in total. The number of ether oxygens (including phenoxy) is 2. The SMILES string of the molecule is CC[C@H](C)[C@H](NC(=O)OCc1ccccc1)C(=O)Oc1cc(C)cc2oc(=O)c3c(c12)CCCC3. The van der Waals surface area contributed by atoms with Crippen molar-refractivity contribution in [2.75, 3.05) is 0 Å². The summed E-state index contributed by atoms with van der Waals surface area (Å²) in [7, 11) is 0. The van der Waals surface area contributed by atoms with Crippen LogP contribution in [0.15, 0.2) is 51.7 Å². The molecule has 0 aliphatic heterocycles. The van der Waals surface area contributed by atoms with Gasteiger partial charge in [-0.2, -0.15) is 0 Å². The van der Waals surface area contributed by atoms with Crippen LogP contribution in [0.1, 0.15) is 55.4 Å². The number of carbonyl (C=O) groups excluding carboxylic acids is 2. The molecule has 1 aromatic heterocycles. The number of nitrogens with one attached hydrogen (secondary N) is 1. The molecule has 4 rings (SSSR count). The Labute approximate surface area is 204 Å². The van der Waals surface area contributed by atoms with Crippen LogP contribution in [0, 0.1) is 12.8 Å². The van der Waals surface area contributed by atoms with Gasteiger partial charge in [0, 0.05) is 5.56 Å². The lowest BCUT2D eigenvalue weighted by Gasteiger charge is -2.23. The zero-order valence-corrected chi connectivity index (χ0v) is 20.4. The Morgan fingerprint density at radius 3 is 2.51 bits per heavy atom. The molecule has 0 unspecified atom stereocenters. The highest BCUT2D eigenvalue weighted by Gasteiger charge is 2.30. The van der Waals surface area contributed by atoms with E-state index in [4.69, 9.17) is 13.9 Å². The second-order valence-electron chi connectivity index (χ2n) is 9.18. The predicted octanol–water partition coefficient (Wildman–Crippen LogP) is 5.23. The smallest absolute Gasteiger partial charge is 0.408 e. The topological polar surface area (TPSA) is 94.8 Å². The number of hydrogen-bond acceptors (Lipinski definition) is 6. The summed E-state index contributed by atoms with van der Waals surface area (Å²) in [5.74, 6) is -0.423. The van der Waals surface area contributed by atoms with Crippen LogP contribution in [0.25, 0.3) is 11.0 Å². The highest BCUT2D eigenvalue weighted by atomic mass is 16.6. The molecule has 0 saturated carbocycles. The summed E-state index contributed by atoms with van der Waals surface area (Å²) in [6.07, 6.45) is 3.22. The molecule has 7 heteroatoms. The van der Waals surface area contributed by atoms with Gasteiger partial charge >= 0.3 is 17.7 Å². The first-order valence-corrected chi connectivity index (χ1v) is 12.2. The van der Waals surface area contributed by atoms with E-state index in [-0.39, 0.29) is 18.2 Å². The highest BCUT2D eigenvalue weighted by Crippen LogP contribution is 2.35. The van der Waals surface area contributed by atoms with Crippen molar-refractivity contribution in [3.05, 3.63) is 75.1 Å². The summed E-state index contributed by atoms with van der Waals surface area (Å²) < 4.78 is 16.8. The highest BCUT2D eigenvalue weighted by molar-refractivity contribution is 5.92. The number of alkyl carbamates (subject to hydrolysis) is 1. The van der Waals surface area contributed by atoms with E-state index >= 15 is 0 Å². The maximum Gasteiger partial charge on any atom is 0.408 e. The van der Waals surface area contributed by atoms with Crippen molar-refractivity contribution in [3.8, 4) is 5.75 Å². The predicted molar refractivity (Wildman–Crippen MR) is 133 cm³/mol. The van der Waals surface area contributed by atoms with E-state index in [9.17, 15) is 14.4 Å². The van der Waals surface area contributed by atoms with Crippen molar-refractivity contribution in [3.63, 3.8) is 0 Å². The third-order valence-corrected chi connectivity index (χ3v) is 6.59. The Bertz CT molecular complexity index is 1280. The van der Waals surface area contributed by atoms with Crippen molar-refractivity contribution in [1.82, 2.24) is 5.32 Å². The minimum absolute atomic E-state index is 0.0998. The summed E-state index contributed by atoms with van der Waals surface area (Å²) >= 11 is 0. The normalized spacial score (nSPS) is 14.6. The van der Waals surface area contributed by atoms with Gasteiger partial charge in [0.1, 0.15) is 24.0 Å². The Morgan fingerprint density at radius 1 is 1.09 bits per heavy atom. The number of rotatable bonds is 7. The Morgan fingerprint density at radius 2 is 1.80 bits per heavy atom. The minimum atomic E-state index is -0.898. The summed E-state index contributed by atoms with van der Waals surface area (Å²) in [4.78, 5) is 38.3. The summed E-state index contributed by atoms with van der Waals surface area (Å²) in [5, 5.41) is 3.34. The van der Waals surface area contributed by atoms with Crippen LogP contribution in [0.2, 0.25) is 0 Å². The zero-order chi connectivity index (χ0) is 24.9. The minimum Gasteiger partial charge on any atom is -0.445 e. The lowest BCUT2D eigenvalue weighted by molar-refractivity contribution is -0.137. The second kappa shape index (κ2) is 10.8. The van der Waals surface area contributed by atoms with E-state index in [0.29, 0.717) is 35.1 Å². The number of esters is 1. The van der Waals surface area contributed by atoms with Crippen molar-refractivity contribution in [2.24, 2.45) is 5.92 Å². The van der Waals surface area contributed by atoms with Gasteiger partial charge in [-0.3, -0.25) is 0 Å². The monoisotopic (exact) mass is 477 g/mol. The Balaban J connectivity index is 1.58. The Hall–Kier alpha value is -3.61. The van der Waals surface area contributed by atoms with E-state index in [2.05, 4.69) is 5.32 Å². The maximum atomic E-state index is 13.3. The molecule has 1 N–H and O–H groups in total. The van der Waals surface area contributed by atoms with Crippen LogP contribution >= 0.6 is 0 Å². The van der Waals surface area contributed by atoms with Gasteiger partial charge in [-0.15, -0.1) is 0 Å². The zero-order valence-electron chi connectivity index (χ0n) is 20.4. The fraction of sp³-hybridized carbons (Fsp3) is 0.393. The number of benzene rings is 2. The lowest BCUT2D eigenvalue weighted by Crippen LogP contribution is -2.47. The maximum absolute atomic E-state index is 13.3. The number of fused-ring (bicyclic) bond motifs is 3. The van der Waals surface area contributed by atoms with E-state index in [1.165, 1.54) is 0 Å². The van der Waals surface area contributed by atoms with Gasteiger partial charge in [-0.05, 0) is 67.3 Å². The number of carbonyl (C=O) groups is 2. The van der Waals surface area contributed by atoms with Crippen molar-refractivity contribution < 1.29 is 23.5 Å². The molecule has 0 saturated heterocycles. The quantitative estimate of drug-likeness (QED) is 0.285. The average molecular weight is 478 g/mol. The van der Waals surface area contributed by atoms with Crippen LogP contribution in [-0.2, 0) is 29.0 Å². The average Bonchev–Trinajstić information content (AvgIpc) is 2.86. The largest absolute Gasteiger partial charge is 0.445 e. The van der Waals surface area contributed by atoms with Crippen molar-refractivity contribution >= 4 is 23.0 Å². The van der Waals surface area contributed by atoms with Gasteiger partial charge in [0.15, 0.2) is 0 Å². The molecule has 1 aliphatic carbocycles. The van der Waals surface area contributed by atoms with Crippen LogP contribution in [0.4, 0.5) is 4.79 Å². The molecule has 0 bridgehead atoms. The number of aryl methyl sites for hydroxylation is 2. The number of amides is 1. The molecular formula is C28H31NO6. The molecule has 1 heterocycles. The van der Waals surface area contributed by atoms with E-state index in [1.54, 1.807) is 12.1 Å². The summed E-state index contributed by atoms with van der Waals surface area (Å²) in [6.45, 7) is 5.76. The fourth-order valence-electron chi connectivity index (χ4n) is 4.48. The van der Waals surface area contributed by atoms with Gasteiger partial charge in [-0.25, -0.2) is 14.4 Å². The van der Waals surface area contributed by atoms with E-state index < -0.39 is 18.1 Å². The van der Waals surface area contributed by atoms with E-state index in [0.717, 1.165) is 36.0 Å². The van der Waals surface area contributed by atoms with Gasteiger partial charge in [0.05, 0.1) is 5.39 Å². The molecule has 0 spiro atoms. The van der Waals surface area contributed by atoms with Crippen molar-refractivity contribution in [1.29, 1.82) is 0 Å². The number of hydrogen-bond donors (Lipinski definition) is 1. The molecule has 1 aliphatic rings. The lowest BCUT2D eigenvalue weighted by atomic mass is 9.90. The first-order chi connectivity index (χ1) is 16.9. The molecule has 2 aromatic carbocycles. The van der Waals surface area contributed by atoms with Gasteiger partial charge < -0.3 is 19.2 Å². The van der Waals surface area contributed by atoms with Crippen molar-refractivity contribution in [2.45, 2.75) is 65.5 Å². The standard InChI is InChI=1S/C28H31NO6/c1-4-18(3)25(29-28(32)33-16-19-10-6-5-7-11-19)27(31)35-23-15-17(2)14-22-24(23)20-12-8-9-13-21(20)26(30)34-22/h5-7,10-11,14-15,18,25H,4,8-9,12-13,16H2,1-3H3,(H,29,32)/t18-,25-/m0/s1. The fourth-order valence-corrected chi connectivity index (χ4v) is 4.48. The molecule has 184 valence electrons. The molecular weight excluding hydrogens is 446 g/mol. The molecule has 0 fully saturated rings. The molecule has 3 aromatic rings. The van der Waals surface area contributed by atoms with E-state index in [1.807, 2.05) is 51.1 Å². The summed E-state index contributed by atoms with van der Waals surface area (Å²) in [6, 6.07) is 12.0. The van der Waals surface area contributed by atoms with Gasteiger partial charge in [0.2, 0.25) is 0 Å². The van der Waals surface area contributed by atoms with Crippen LogP contribution in [0.3, 0.4) is 0 Å². The first-order valence-electron chi connectivity index (χ1n) is 12.2. The molecule has 35 heavy (non-hydrogen) atoms. The molecule has 0 radical (unpaired) electrons. The van der Waals surface area contributed by atoms with Gasteiger partial charge in [0.25, 0.3) is 0 Å². The first kappa shape index (κ1) is 24.5. The Kier molecular flexibility index (Phi) is 7.54. The molecule has 1 amide bonds. The third-order valence-electron chi connectivity index (χ3n) is 6.59. The van der Waals surface area contributed by atoms with Crippen LogP contribution in [-0.4, -0.2) is 18.1 Å². The summed E-state index contributed by atoms with van der Waals surface area (Å²) in [5.41, 5.74) is 3.29. The second-order valence-corrected chi connectivity index (χ2v) is 9.18. The third kappa shape index (κ3) is 5.56. The van der Waals surface area contributed by atoms with Crippen LogP contribution < -0.4 is 15.7 Å². The molecule has 2 atom stereocenters.